The van der Waals surface area contributed by atoms with E-state index < -0.39 is 0 Å². The van der Waals surface area contributed by atoms with E-state index in [2.05, 4.69) is 36.2 Å². The summed E-state index contributed by atoms with van der Waals surface area (Å²) in [5.74, 6) is 1.07. The molecule has 2 aromatic rings. The number of hydrogen-bond donors (Lipinski definition) is 1. The molecular formula is C14H17BrN4O2. The summed E-state index contributed by atoms with van der Waals surface area (Å²) >= 11 is 3.39. The van der Waals surface area contributed by atoms with E-state index in [9.17, 15) is 0 Å². The molecular weight excluding hydrogens is 336 g/mol. The van der Waals surface area contributed by atoms with Crippen molar-refractivity contribution in [3.05, 3.63) is 28.7 Å². The smallest absolute Gasteiger partial charge is 0.330 e. The number of aromatic nitrogens is 3. The van der Waals surface area contributed by atoms with Gasteiger partial charge in [-0.25, -0.2) is 0 Å². The van der Waals surface area contributed by atoms with Crippen molar-refractivity contribution in [1.82, 2.24) is 15.0 Å². The van der Waals surface area contributed by atoms with Crippen LogP contribution >= 0.6 is 15.9 Å². The van der Waals surface area contributed by atoms with Crippen LogP contribution in [0.2, 0.25) is 0 Å². The van der Waals surface area contributed by atoms with Crippen molar-refractivity contribution < 1.29 is 9.47 Å². The Morgan fingerprint density at radius 2 is 1.95 bits per heavy atom. The van der Waals surface area contributed by atoms with E-state index in [-0.39, 0.29) is 12.0 Å². The normalized spacial score (nSPS) is 10.2. The average Bonchev–Trinajstić information content (AvgIpc) is 2.45. The van der Waals surface area contributed by atoms with E-state index in [1.54, 1.807) is 0 Å². The van der Waals surface area contributed by atoms with E-state index in [4.69, 9.17) is 9.47 Å². The fourth-order valence-corrected chi connectivity index (χ4v) is 1.89. The predicted molar refractivity (Wildman–Crippen MR) is 84.0 cm³/mol. The van der Waals surface area contributed by atoms with E-state index >= 15 is 0 Å². The molecule has 0 saturated carbocycles. The van der Waals surface area contributed by atoms with Crippen LogP contribution in [-0.4, -0.2) is 28.1 Å². The quantitative estimate of drug-likeness (QED) is 0.820. The number of halogens is 1. The number of anilines is 1. The van der Waals surface area contributed by atoms with Crippen LogP contribution in [0.15, 0.2) is 28.7 Å². The van der Waals surface area contributed by atoms with Gasteiger partial charge in [0.05, 0.1) is 6.61 Å². The van der Waals surface area contributed by atoms with Gasteiger partial charge in [-0.3, -0.25) is 0 Å². The second-order valence-corrected chi connectivity index (χ2v) is 5.08. The second-order valence-electron chi connectivity index (χ2n) is 4.16. The molecule has 1 aromatic heterocycles. The maximum Gasteiger partial charge on any atom is 0.330 e. The minimum absolute atomic E-state index is 0.199. The zero-order chi connectivity index (χ0) is 15.1. The monoisotopic (exact) mass is 352 g/mol. The average molecular weight is 353 g/mol. The first-order chi connectivity index (χ1) is 10.2. The molecule has 1 N–H and O–H groups in total. The molecule has 2 rings (SSSR count). The number of rotatable bonds is 7. The highest BCUT2D eigenvalue weighted by molar-refractivity contribution is 9.10. The maximum atomic E-state index is 5.65. The van der Waals surface area contributed by atoms with Crippen molar-refractivity contribution in [3.8, 4) is 17.8 Å². The minimum atomic E-state index is 0.199. The molecule has 0 radical (unpaired) electrons. The molecule has 21 heavy (non-hydrogen) atoms. The van der Waals surface area contributed by atoms with Crippen molar-refractivity contribution in [3.63, 3.8) is 0 Å². The molecule has 1 heterocycles. The summed E-state index contributed by atoms with van der Waals surface area (Å²) in [7, 11) is 0. The Bertz CT molecular complexity index is 595. The molecule has 0 bridgehead atoms. The van der Waals surface area contributed by atoms with Crippen LogP contribution in [0.25, 0.3) is 0 Å². The molecule has 0 aliphatic rings. The summed E-state index contributed by atoms with van der Waals surface area (Å²) in [4.78, 5) is 12.5. The lowest BCUT2D eigenvalue weighted by Gasteiger charge is -2.09. The van der Waals surface area contributed by atoms with Crippen LogP contribution in [0, 0.1) is 0 Å². The zero-order valence-electron chi connectivity index (χ0n) is 12.0. The Hall–Kier alpha value is -1.89. The van der Waals surface area contributed by atoms with Gasteiger partial charge >= 0.3 is 12.0 Å². The number of nitrogens with zero attached hydrogens (tertiary/aromatic N) is 3. The largest absolute Gasteiger partial charge is 0.463 e. The van der Waals surface area contributed by atoms with Gasteiger partial charge in [0.1, 0.15) is 5.75 Å². The lowest BCUT2D eigenvalue weighted by atomic mass is 10.3. The Morgan fingerprint density at radius 1 is 1.14 bits per heavy atom. The molecule has 0 amide bonds. The Morgan fingerprint density at radius 3 is 2.67 bits per heavy atom. The summed E-state index contributed by atoms with van der Waals surface area (Å²) in [5.41, 5.74) is 0. The predicted octanol–water partition coefficient (Wildman–Crippen LogP) is 3.65. The van der Waals surface area contributed by atoms with Crippen molar-refractivity contribution in [2.75, 3.05) is 18.5 Å². The Kier molecular flexibility index (Phi) is 5.74. The fourth-order valence-electron chi connectivity index (χ4n) is 1.51. The van der Waals surface area contributed by atoms with Gasteiger partial charge in [-0.05, 0) is 31.5 Å². The molecule has 0 aliphatic heterocycles. The first kappa shape index (κ1) is 15.5. The van der Waals surface area contributed by atoms with Crippen molar-refractivity contribution in [1.29, 1.82) is 0 Å². The standard InChI is InChI=1S/C14H17BrN4O2/c1-3-8-20-13-17-12(16-4-2)18-14(19-13)21-11-7-5-6-10(15)9-11/h5-7,9H,3-4,8H2,1-2H3,(H,16,17,18,19). The topological polar surface area (TPSA) is 69.2 Å². The van der Waals surface area contributed by atoms with E-state index in [0.29, 0.717) is 24.8 Å². The van der Waals surface area contributed by atoms with Crippen LogP contribution in [0.3, 0.4) is 0 Å². The molecule has 0 fully saturated rings. The molecule has 0 saturated heterocycles. The van der Waals surface area contributed by atoms with Gasteiger partial charge in [-0.1, -0.05) is 28.9 Å². The van der Waals surface area contributed by atoms with Crippen molar-refractivity contribution in [2.45, 2.75) is 20.3 Å². The number of ether oxygens (including phenoxy) is 2. The van der Waals surface area contributed by atoms with E-state index in [1.165, 1.54) is 0 Å². The van der Waals surface area contributed by atoms with Gasteiger partial charge in [0, 0.05) is 11.0 Å². The highest BCUT2D eigenvalue weighted by Gasteiger charge is 2.09. The van der Waals surface area contributed by atoms with Gasteiger partial charge in [-0.15, -0.1) is 4.98 Å². The summed E-state index contributed by atoms with van der Waals surface area (Å²) in [5, 5.41) is 3.03. The maximum absolute atomic E-state index is 5.65. The van der Waals surface area contributed by atoms with Crippen molar-refractivity contribution in [2.24, 2.45) is 0 Å². The Labute approximate surface area is 132 Å². The summed E-state index contributed by atoms with van der Waals surface area (Å²) < 4.78 is 12.0. The Balaban J connectivity index is 2.22. The van der Waals surface area contributed by atoms with E-state index in [1.807, 2.05) is 38.1 Å². The molecule has 0 unspecified atom stereocenters. The number of hydrogen-bond acceptors (Lipinski definition) is 6. The molecule has 0 spiro atoms. The van der Waals surface area contributed by atoms with Crippen LogP contribution in [-0.2, 0) is 0 Å². The first-order valence-electron chi connectivity index (χ1n) is 6.77. The summed E-state index contributed by atoms with van der Waals surface area (Å²) in [6.45, 7) is 5.23. The summed E-state index contributed by atoms with van der Waals surface area (Å²) in [6.07, 6.45) is 0.879. The third-order valence-corrected chi connectivity index (χ3v) is 2.86. The zero-order valence-corrected chi connectivity index (χ0v) is 13.6. The number of benzene rings is 1. The molecule has 112 valence electrons. The molecule has 0 atom stereocenters. The van der Waals surface area contributed by atoms with Gasteiger partial charge < -0.3 is 14.8 Å². The third-order valence-electron chi connectivity index (χ3n) is 2.37. The second kappa shape index (κ2) is 7.78. The van der Waals surface area contributed by atoms with Crippen LogP contribution < -0.4 is 14.8 Å². The highest BCUT2D eigenvalue weighted by Crippen LogP contribution is 2.23. The van der Waals surface area contributed by atoms with Crippen LogP contribution in [0.4, 0.5) is 5.95 Å². The third kappa shape index (κ3) is 4.86. The SMILES string of the molecule is CCCOc1nc(NCC)nc(Oc2cccc(Br)c2)n1. The highest BCUT2D eigenvalue weighted by atomic mass is 79.9. The first-order valence-corrected chi connectivity index (χ1v) is 7.56. The lowest BCUT2D eigenvalue weighted by molar-refractivity contribution is 0.285. The van der Waals surface area contributed by atoms with Gasteiger partial charge in [0.2, 0.25) is 5.95 Å². The molecule has 0 aliphatic carbocycles. The lowest BCUT2D eigenvalue weighted by Crippen LogP contribution is -2.08. The molecule has 6 nitrogen and oxygen atoms in total. The van der Waals surface area contributed by atoms with Gasteiger partial charge in [0.15, 0.2) is 0 Å². The van der Waals surface area contributed by atoms with Crippen LogP contribution in [0.1, 0.15) is 20.3 Å². The fraction of sp³-hybridized carbons (Fsp3) is 0.357. The molecule has 7 heteroatoms. The number of nitrogens with one attached hydrogen (secondary N) is 1. The summed E-state index contributed by atoms with van der Waals surface area (Å²) in [6, 6.07) is 7.91. The van der Waals surface area contributed by atoms with Gasteiger partial charge in [-0.2, -0.15) is 9.97 Å². The minimum Gasteiger partial charge on any atom is -0.463 e. The molecule has 1 aromatic carbocycles. The van der Waals surface area contributed by atoms with Crippen molar-refractivity contribution >= 4 is 21.9 Å². The van der Waals surface area contributed by atoms with E-state index in [0.717, 1.165) is 10.9 Å². The van der Waals surface area contributed by atoms with Gasteiger partial charge in [0.25, 0.3) is 0 Å². The van der Waals surface area contributed by atoms with Crippen LogP contribution in [0.5, 0.6) is 17.8 Å².